The third kappa shape index (κ3) is 1.74. The SMILES string of the molecule is CC(=O)c1c(Br)ccc([N+](=O)[O-])c1O. The number of carbonyl (C=O) groups is 1. The molecular formula is C8H6BrNO4. The fourth-order valence-corrected chi connectivity index (χ4v) is 1.64. The number of hydrogen-bond donors (Lipinski definition) is 1. The van der Waals surface area contributed by atoms with Crippen molar-refractivity contribution in [2.75, 3.05) is 0 Å². The van der Waals surface area contributed by atoms with E-state index in [2.05, 4.69) is 15.9 Å². The highest BCUT2D eigenvalue weighted by Gasteiger charge is 2.21. The van der Waals surface area contributed by atoms with Gasteiger partial charge in [-0.25, -0.2) is 0 Å². The molecule has 0 heterocycles. The number of phenolic OH excluding ortho intramolecular Hbond substituents is 1. The number of benzene rings is 1. The fourth-order valence-electron chi connectivity index (χ4n) is 1.04. The van der Waals surface area contributed by atoms with Crippen LogP contribution < -0.4 is 0 Å². The van der Waals surface area contributed by atoms with E-state index in [1.165, 1.54) is 13.0 Å². The number of ketones is 1. The highest BCUT2D eigenvalue weighted by atomic mass is 79.9. The predicted octanol–water partition coefficient (Wildman–Crippen LogP) is 2.27. The first-order valence-electron chi connectivity index (χ1n) is 3.62. The van der Waals surface area contributed by atoms with Crippen LogP contribution in [0.5, 0.6) is 5.75 Å². The van der Waals surface area contributed by atoms with Crippen molar-refractivity contribution in [1.82, 2.24) is 0 Å². The zero-order valence-corrected chi connectivity index (χ0v) is 8.74. The van der Waals surface area contributed by atoms with Crippen molar-refractivity contribution in [1.29, 1.82) is 0 Å². The lowest BCUT2D eigenvalue weighted by atomic mass is 10.1. The summed E-state index contributed by atoms with van der Waals surface area (Å²) >= 11 is 3.03. The van der Waals surface area contributed by atoms with Crippen LogP contribution in [0.25, 0.3) is 0 Å². The first-order valence-corrected chi connectivity index (χ1v) is 4.41. The van der Waals surface area contributed by atoms with Crippen LogP contribution in [0.1, 0.15) is 17.3 Å². The Morgan fingerprint density at radius 3 is 2.57 bits per heavy atom. The second-order valence-corrected chi connectivity index (χ2v) is 3.46. The van der Waals surface area contributed by atoms with Gasteiger partial charge < -0.3 is 5.11 Å². The van der Waals surface area contributed by atoms with Crippen molar-refractivity contribution in [3.05, 3.63) is 32.3 Å². The van der Waals surface area contributed by atoms with E-state index in [9.17, 15) is 20.0 Å². The van der Waals surface area contributed by atoms with Crippen molar-refractivity contribution in [3.63, 3.8) is 0 Å². The smallest absolute Gasteiger partial charge is 0.311 e. The van der Waals surface area contributed by atoms with E-state index in [1.54, 1.807) is 0 Å². The Morgan fingerprint density at radius 1 is 1.57 bits per heavy atom. The van der Waals surface area contributed by atoms with Gasteiger partial charge in [0.05, 0.1) is 10.5 Å². The number of phenols is 1. The summed E-state index contributed by atoms with van der Waals surface area (Å²) in [5.41, 5.74) is -0.544. The molecule has 14 heavy (non-hydrogen) atoms. The molecule has 0 unspecified atom stereocenters. The minimum atomic E-state index is -0.742. The number of hydrogen-bond acceptors (Lipinski definition) is 4. The summed E-state index contributed by atoms with van der Waals surface area (Å²) in [6, 6.07) is 2.49. The van der Waals surface area contributed by atoms with Gasteiger partial charge in [0.1, 0.15) is 0 Å². The van der Waals surface area contributed by atoms with E-state index in [0.717, 1.165) is 6.07 Å². The summed E-state index contributed by atoms with van der Waals surface area (Å²) in [5.74, 6) is -1.03. The van der Waals surface area contributed by atoms with E-state index in [4.69, 9.17) is 0 Å². The zero-order chi connectivity index (χ0) is 10.9. The summed E-state index contributed by atoms with van der Waals surface area (Å²) in [5, 5.41) is 19.8. The van der Waals surface area contributed by atoms with Gasteiger partial charge in [0, 0.05) is 10.5 Å². The molecule has 0 fully saturated rings. The lowest BCUT2D eigenvalue weighted by Gasteiger charge is -2.03. The molecule has 1 aromatic carbocycles. The van der Waals surface area contributed by atoms with Gasteiger partial charge in [0.2, 0.25) is 5.75 Å². The van der Waals surface area contributed by atoms with E-state index in [1.807, 2.05) is 0 Å². The summed E-state index contributed by atoms with van der Waals surface area (Å²) in [6.45, 7) is 1.23. The monoisotopic (exact) mass is 259 g/mol. The van der Waals surface area contributed by atoms with Crippen molar-refractivity contribution in [2.45, 2.75) is 6.92 Å². The number of rotatable bonds is 2. The van der Waals surface area contributed by atoms with Crippen molar-refractivity contribution < 1.29 is 14.8 Å². The van der Waals surface area contributed by atoms with Gasteiger partial charge in [-0.2, -0.15) is 0 Å². The quantitative estimate of drug-likeness (QED) is 0.502. The number of carbonyl (C=O) groups excluding carboxylic acids is 1. The maximum absolute atomic E-state index is 11.0. The third-order valence-electron chi connectivity index (χ3n) is 1.65. The van der Waals surface area contributed by atoms with Crippen LogP contribution in [-0.2, 0) is 0 Å². The number of aromatic hydroxyl groups is 1. The van der Waals surface area contributed by atoms with Gasteiger partial charge >= 0.3 is 5.69 Å². The molecule has 0 atom stereocenters. The predicted molar refractivity (Wildman–Crippen MR) is 52.5 cm³/mol. The highest BCUT2D eigenvalue weighted by molar-refractivity contribution is 9.10. The van der Waals surface area contributed by atoms with Crippen LogP contribution in [0.15, 0.2) is 16.6 Å². The first-order chi connectivity index (χ1) is 6.45. The average Bonchev–Trinajstić information content (AvgIpc) is 2.02. The molecule has 1 aromatic rings. The number of nitrogens with zero attached hydrogens (tertiary/aromatic N) is 1. The molecule has 6 heteroatoms. The molecule has 0 saturated heterocycles. The van der Waals surface area contributed by atoms with Gasteiger partial charge in [-0.3, -0.25) is 14.9 Å². The Labute approximate surface area is 87.6 Å². The van der Waals surface area contributed by atoms with Crippen LogP contribution in [0.2, 0.25) is 0 Å². The molecular weight excluding hydrogens is 254 g/mol. The van der Waals surface area contributed by atoms with Gasteiger partial charge in [0.15, 0.2) is 5.78 Å². The lowest BCUT2D eigenvalue weighted by molar-refractivity contribution is -0.385. The Bertz CT molecular complexity index is 416. The van der Waals surface area contributed by atoms with Gasteiger partial charge in [-0.15, -0.1) is 0 Å². The molecule has 74 valence electrons. The minimum Gasteiger partial charge on any atom is -0.502 e. The molecule has 1 N–H and O–H groups in total. The topological polar surface area (TPSA) is 80.4 Å². The zero-order valence-electron chi connectivity index (χ0n) is 7.15. The van der Waals surface area contributed by atoms with Crippen molar-refractivity contribution in [2.24, 2.45) is 0 Å². The summed E-state index contributed by atoms with van der Waals surface area (Å²) in [4.78, 5) is 20.7. The maximum Gasteiger partial charge on any atom is 0.311 e. The summed E-state index contributed by atoms with van der Waals surface area (Å²) in [6.07, 6.45) is 0. The Hall–Kier alpha value is -1.43. The fraction of sp³-hybridized carbons (Fsp3) is 0.125. The van der Waals surface area contributed by atoms with Crippen LogP contribution in [0.3, 0.4) is 0 Å². The molecule has 0 bridgehead atoms. The second-order valence-electron chi connectivity index (χ2n) is 2.60. The van der Waals surface area contributed by atoms with Gasteiger partial charge in [-0.05, 0) is 28.9 Å². The maximum atomic E-state index is 11.0. The molecule has 0 aliphatic heterocycles. The number of halogens is 1. The van der Waals surface area contributed by atoms with E-state index in [0.29, 0.717) is 4.47 Å². The van der Waals surface area contributed by atoms with Crippen molar-refractivity contribution >= 4 is 27.4 Å². The Balaban J connectivity index is 3.49. The number of nitro benzene ring substituents is 1. The molecule has 0 aromatic heterocycles. The van der Waals surface area contributed by atoms with Crippen LogP contribution in [0, 0.1) is 10.1 Å². The Morgan fingerprint density at radius 2 is 2.14 bits per heavy atom. The van der Waals surface area contributed by atoms with Crippen LogP contribution >= 0.6 is 15.9 Å². The van der Waals surface area contributed by atoms with Gasteiger partial charge in [-0.1, -0.05) is 0 Å². The number of Topliss-reactive ketones (excluding diaryl/α,β-unsaturated/α-hetero) is 1. The van der Waals surface area contributed by atoms with Crippen LogP contribution in [-0.4, -0.2) is 15.8 Å². The molecule has 0 aliphatic carbocycles. The molecule has 0 spiro atoms. The lowest BCUT2D eigenvalue weighted by Crippen LogP contribution is -1.98. The second kappa shape index (κ2) is 3.75. The molecule has 0 amide bonds. The average molecular weight is 260 g/mol. The highest BCUT2D eigenvalue weighted by Crippen LogP contribution is 2.34. The van der Waals surface area contributed by atoms with E-state index >= 15 is 0 Å². The van der Waals surface area contributed by atoms with Gasteiger partial charge in [0.25, 0.3) is 0 Å². The Kier molecular flexibility index (Phi) is 2.85. The molecule has 0 radical (unpaired) electrons. The third-order valence-corrected chi connectivity index (χ3v) is 2.32. The first kappa shape index (κ1) is 10.6. The van der Waals surface area contributed by atoms with E-state index in [-0.39, 0.29) is 5.56 Å². The molecule has 0 saturated carbocycles. The molecule has 1 rings (SSSR count). The minimum absolute atomic E-state index is 0.0702. The molecule has 0 aliphatic rings. The molecule has 5 nitrogen and oxygen atoms in total. The summed E-state index contributed by atoms with van der Waals surface area (Å²) in [7, 11) is 0. The largest absolute Gasteiger partial charge is 0.502 e. The standard InChI is InChI=1S/C8H6BrNO4/c1-4(11)7-5(9)2-3-6(8(7)12)10(13)14/h2-3,12H,1H3. The summed E-state index contributed by atoms with van der Waals surface area (Å²) < 4.78 is 0.341. The normalized spacial score (nSPS) is 9.86. The number of nitro groups is 1. The van der Waals surface area contributed by atoms with Crippen LogP contribution in [0.4, 0.5) is 5.69 Å². The van der Waals surface area contributed by atoms with E-state index < -0.39 is 22.1 Å². The van der Waals surface area contributed by atoms with Crippen molar-refractivity contribution in [3.8, 4) is 5.75 Å².